The summed E-state index contributed by atoms with van der Waals surface area (Å²) in [6.07, 6.45) is 2.18. The summed E-state index contributed by atoms with van der Waals surface area (Å²) in [5.74, 6) is 0.362. The van der Waals surface area contributed by atoms with E-state index in [1.54, 1.807) is 6.07 Å². The molecule has 0 amide bonds. The third-order valence-electron chi connectivity index (χ3n) is 4.20. The van der Waals surface area contributed by atoms with Gasteiger partial charge < -0.3 is 10.1 Å². The number of benzene rings is 1. The zero-order chi connectivity index (χ0) is 13.8. The molecule has 106 valence electrons. The molecule has 1 fully saturated rings. The first-order valence-corrected chi connectivity index (χ1v) is 7.30. The molecule has 0 radical (unpaired) electrons. The number of rotatable bonds is 4. The maximum Gasteiger partial charge on any atom is 0.129 e. The van der Waals surface area contributed by atoms with Gasteiger partial charge in [-0.3, -0.25) is 0 Å². The van der Waals surface area contributed by atoms with Crippen molar-refractivity contribution in [1.82, 2.24) is 5.32 Å². The van der Waals surface area contributed by atoms with Gasteiger partial charge >= 0.3 is 0 Å². The van der Waals surface area contributed by atoms with Crippen LogP contribution in [0.25, 0.3) is 0 Å². The average Bonchev–Trinajstić information content (AvgIpc) is 2.43. The molecule has 0 saturated carbocycles. The van der Waals surface area contributed by atoms with Crippen molar-refractivity contribution in [3.8, 4) is 0 Å². The van der Waals surface area contributed by atoms with Gasteiger partial charge in [-0.05, 0) is 18.9 Å². The molecule has 3 atom stereocenters. The van der Waals surface area contributed by atoms with E-state index in [0.29, 0.717) is 11.5 Å². The van der Waals surface area contributed by atoms with E-state index < -0.39 is 0 Å². The van der Waals surface area contributed by atoms with Crippen LogP contribution in [0.2, 0.25) is 0 Å². The fourth-order valence-electron chi connectivity index (χ4n) is 2.90. The summed E-state index contributed by atoms with van der Waals surface area (Å²) in [4.78, 5) is 0. The molecule has 1 aromatic rings. The van der Waals surface area contributed by atoms with Crippen LogP contribution < -0.4 is 5.32 Å². The molecule has 1 aromatic carbocycles. The molecular formula is C16H24FNO. The predicted molar refractivity (Wildman–Crippen MR) is 75.6 cm³/mol. The highest BCUT2D eigenvalue weighted by molar-refractivity contribution is 5.22. The Morgan fingerprint density at radius 1 is 1.32 bits per heavy atom. The largest absolute Gasteiger partial charge is 0.367 e. The van der Waals surface area contributed by atoms with Crippen molar-refractivity contribution >= 4 is 0 Å². The Morgan fingerprint density at radius 2 is 2.00 bits per heavy atom. The first-order valence-electron chi connectivity index (χ1n) is 7.30. The number of nitrogens with one attached hydrogen (secondary N) is 1. The molecule has 2 nitrogen and oxygen atoms in total. The fourth-order valence-corrected chi connectivity index (χ4v) is 2.90. The van der Waals surface area contributed by atoms with Crippen LogP contribution in [-0.2, 0) is 4.74 Å². The SMILES string of the molecule is CCC(CC)C1CNC(C)C(c2ccccc2F)O1. The Hall–Kier alpha value is -0.930. The normalized spacial score (nSPS) is 27.7. The zero-order valence-corrected chi connectivity index (χ0v) is 12.0. The lowest BCUT2D eigenvalue weighted by Gasteiger charge is -2.39. The van der Waals surface area contributed by atoms with Crippen LogP contribution in [0.4, 0.5) is 4.39 Å². The highest BCUT2D eigenvalue weighted by Gasteiger charge is 2.33. The van der Waals surface area contributed by atoms with Gasteiger partial charge in [0.25, 0.3) is 0 Å². The second-order valence-electron chi connectivity index (χ2n) is 5.39. The Bertz CT molecular complexity index is 405. The molecule has 0 aromatic heterocycles. The average molecular weight is 265 g/mol. The number of hydrogen-bond donors (Lipinski definition) is 1. The Balaban J connectivity index is 2.17. The van der Waals surface area contributed by atoms with Gasteiger partial charge in [0, 0.05) is 18.2 Å². The van der Waals surface area contributed by atoms with E-state index in [2.05, 4.69) is 26.1 Å². The molecule has 1 aliphatic rings. The number of halogens is 1. The first kappa shape index (κ1) is 14.5. The predicted octanol–water partition coefficient (Wildman–Crippen LogP) is 3.68. The molecule has 0 bridgehead atoms. The summed E-state index contributed by atoms with van der Waals surface area (Å²) in [5, 5.41) is 3.47. The van der Waals surface area contributed by atoms with Crippen LogP contribution in [0, 0.1) is 11.7 Å². The summed E-state index contributed by atoms with van der Waals surface area (Å²) < 4.78 is 20.1. The van der Waals surface area contributed by atoms with E-state index in [1.807, 2.05) is 12.1 Å². The summed E-state index contributed by atoms with van der Waals surface area (Å²) in [6.45, 7) is 7.29. The maximum absolute atomic E-state index is 13.9. The summed E-state index contributed by atoms with van der Waals surface area (Å²) in [7, 11) is 0. The van der Waals surface area contributed by atoms with E-state index in [9.17, 15) is 4.39 Å². The summed E-state index contributed by atoms with van der Waals surface area (Å²) >= 11 is 0. The lowest BCUT2D eigenvalue weighted by molar-refractivity contribution is -0.0893. The monoisotopic (exact) mass is 265 g/mol. The molecular weight excluding hydrogens is 241 g/mol. The highest BCUT2D eigenvalue weighted by Crippen LogP contribution is 2.31. The third-order valence-corrected chi connectivity index (χ3v) is 4.20. The second kappa shape index (κ2) is 6.49. The molecule has 3 unspecified atom stereocenters. The molecule has 1 saturated heterocycles. The Morgan fingerprint density at radius 3 is 2.63 bits per heavy atom. The van der Waals surface area contributed by atoms with Crippen molar-refractivity contribution in [3.05, 3.63) is 35.6 Å². The maximum atomic E-state index is 13.9. The van der Waals surface area contributed by atoms with Gasteiger partial charge in [0.15, 0.2) is 0 Å². The van der Waals surface area contributed by atoms with Gasteiger partial charge in [-0.15, -0.1) is 0 Å². The van der Waals surface area contributed by atoms with Crippen LogP contribution in [-0.4, -0.2) is 18.7 Å². The molecule has 0 spiro atoms. The molecule has 3 heteroatoms. The van der Waals surface area contributed by atoms with Crippen LogP contribution >= 0.6 is 0 Å². The van der Waals surface area contributed by atoms with Crippen LogP contribution in [0.15, 0.2) is 24.3 Å². The molecule has 1 aliphatic heterocycles. The minimum atomic E-state index is -0.194. The highest BCUT2D eigenvalue weighted by atomic mass is 19.1. The van der Waals surface area contributed by atoms with Gasteiger partial charge in [-0.2, -0.15) is 0 Å². The quantitative estimate of drug-likeness (QED) is 0.896. The van der Waals surface area contributed by atoms with E-state index >= 15 is 0 Å². The van der Waals surface area contributed by atoms with Crippen molar-refractivity contribution in [1.29, 1.82) is 0 Å². The second-order valence-corrected chi connectivity index (χ2v) is 5.39. The third kappa shape index (κ3) is 3.15. The molecule has 19 heavy (non-hydrogen) atoms. The summed E-state index contributed by atoms with van der Waals surface area (Å²) in [6, 6.07) is 7.06. The van der Waals surface area contributed by atoms with Crippen molar-refractivity contribution in [3.63, 3.8) is 0 Å². The van der Waals surface area contributed by atoms with Gasteiger partial charge in [-0.25, -0.2) is 4.39 Å². The molecule has 1 N–H and O–H groups in total. The van der Waals surface area contributed by atoms with E-state index in [-0.39, 0.29) is 24.1 Å². The van der Waals surface area contributed by atoms with Crippen molar-refractivity contribution in [2.45, 2.75) is 51.9 Å². The lowest BCUT2D eigenvalue weighted by atomic mass is 9.92. The van der Waals surface area contributed by atoms with Gasteiger partial charge in [0.05, 0.1) is 6.10 Å². The minimum absolute atomic E-state index is 0.141. The molecule has 0 aliphatic carbocycles. The fraction of sp³-hybridized carbons (Fsp3) is 0.625. The minimum Gasteiger partial charge on any atom is -0.367 e. The van der Waals surface area contributed by atoms with Gasteiger partial charge in [0.1, 0.15) is 11.9 Å². The van der Waals surface area contributed by atoms with E-state index in [1.165, 1.54) is 6.07 Å². The number of hydrogen-bond acceptors (Lipinski definition) is 2. The zero-order valence-electron chi connectivity index (χ0n) is 12.0. The smallest absolute Gasteiger partial charge is 0.129 e. The van der Waals surface area contributed by atoms with Crippen LogP contribution in [0.3, 0.4) is 0 Å². The Kier molecular flexibility index (Phi) is 4.94. The molecule has 1 heterocycles. The van der Waals surface area contributed by atoms with E-state index in [4.69, 9.17) is 4.74 Å². The van der Waals surface area contributed by atoms with E-state index in [0.717, 1.165) is 19.4 Å². The number of morpholine rings is 1. The van der Waals surface area contributed by atoms with Crippen LogP contribution in [0.1, 0.15) is 45.3 Å². The molecule has 2 rings (SSSR count). The van der Waals surface area contributed by atoms with Crippen molar-refractivity contribution < 1.29 is 9.13 Å². The Labute approximate surface area is 115 Å². The first-order chi connectivity index (χ1) is 9.17. The van der Waals surface area contributed by atoms with Gasteiger partial charge in [-0.1, -0.05) is 44.9 Å². The van der Waals surface area contributed by atoms with Crippen molar-refractivity contribution in [2.24, 2.45) is 5.92 Å². The lowest BCUT2D eigenvalue weighted by Crippen LogP contribution is -2.49. The van der Waals surface area contributed by atoms with Crippen LogP contribution in [0.5, 0.6) is 0 Å². The summed E-state index contributed by atoms with van der Waals surface area (Å²) in [5.41, 5.74) is 0.665. The van der Waals surface area contributed by atoms with Gasteiger partial charge in [0.2, 0.25) is 0 Å². The standard InChI is InChI=1S/C16H24FNO/c1-4-12(5-2)15-10-18-11(3)16(19-15)13-8-6-7-9-14(13)17/h6-9,11-12,15-16,18H,4-5,10H2,1-3H3. The topological polar surface area (TPSA) is 21.3 Å². The number of ether oxygens (including phenoxy) is 1. The van der Waals surface area contributed by atoms with Crippen molar-refractivity contribution in [2.75, 3.05) is 6.54 Å².